The second-order valence-corrected chi connectivity index (χ2v) is 5.12. The maximum Gasteiger partial charge on any atom is 0.337 e. The Bertz CT molecular complexity index is 796. The van der Waals surface area contributed by atoms with Crippen LogP contribution in [0.3, 0.4) is 0 Å². The number of benzene rings is 2. The van der Waals surface area contributed by atoms with E-state index in [4.69, 9.17) is 5.73 Å². The zero-order chi connectivity index (χ0) is 16.8. The van der Waals surface area contributed by atoms with Gasteiger partial charge < -0.3 is 10.5 Å². The molecule has 2 N–H and O–H groups in total. The Morgan fingerprint density at radius 2 is 1.78 bits per heavy atom. The molecule has 0 radical (unpaired) electrons. The molecule has 0 saturated heterocycles. The Hall–Kier alpha value is -3.06. The molecular weight excluding hydrogens is 290 g/mol. The molecule has 4 nitrogen and oxygen atoms in total. The van der Waals surface area contributed by atoms with E-state index in [0.29, 0.717) is 23.2 Å². The van der Waals surface area contributed by atoms with Crippen LogP contribution in [-0.2, 0) is 16.0 Å². The summed E-state index contributed by atoms with van der Waals surface area (Å²) in [6.45, 7) is 1.56. The largest absolute Gasteiger partial charge is 0.465 e. The lowest BCUT2D eigenvalue weighted by molar-refractivity contribution is -0.116. The van der Waals surface area contributed by atoms with Gasteiger partial charge in [0.25, 0.3) is 0 Å². The first kappa shape index (κ1) is 16.3. The molecule has 0 aliphatic carbocycles. The molecule has 116 valence electrons. The predicted molar refractivity (Wildman–Crippen MR) is 89.0 cm³/mol. The van der Waals surface area contributed by atoms with Crippen molar-refractivity contribution >= 4 is 17.4 Å². The quantitative estimate of drug-likeness (QED) is 0.537. The summed E-state index contributed by atoms with van der Waals surface area (Å²) in [5.41, 5.74) is 9.12. The summed E-state index contributed by atoms with van der Waals surface area (Å²) in [5.74, 6) is 5.65. The van der Waals surface area contributed by atoms with Crippen molar-refractivity contribution in [2.75, 3.05) is 12.8 Å². The molecule has 0 unspecified atom stereocenters. The average molecular weight is 307 g/mol. The fourth-order valence-corrected chi connectivity index (χ4v) is 2.04. The standard InChI is InChI=1S/C19H17NO3/c1-13(21)11-15-5-3-14(4-6-15)7-8-16-12-17(19(22)23-2)9-10-18(16)20/h3-6,9-10,12H,11,20H2,1-2H3. The van der Waals surface area contributed by atoms with Crippen LogP contribution in [0.1, 0.15) is 34.0 Å². The van der Waals surface area contributed by atoms with E-state index in [9.17, 15) is 9.59 Å². The molecule has 0 aromatic heterocycles. The average Bonchev–Trinajstić information content (AvgIpc) is 2.54. The highest BCUT2D eigenvalue weighted by Gasteiger charge is 2.07. The number of rotatable bonds is 3. The van der Waals surface area contributed by atoms with Crippen LogP contribution in [0, 0.1) is 11.8 Å². The minimum absolute atomic E-state index is 0.122. The van der Waals surface area contributed by atoms with Crippen molar-refractivity contribution in [3.8, 4) is 11.8 Å². The van der Waals surface area contributed by atoms with Crippen molar-refractivity contribution in [3.05, 3.63) is 64.7 Å². The van der Waals surface area contributed by atoms with Gasteiger partial charge in [-0.3, -0.25) is 4.79 Å². The molecule has 23 heavy (non-hydrogen) atoms. The zero-order valence-electron chi connectivity index (χ0n) is 13.1. The molecule has 2 rings (SSSR count). The van der Waals surface area contributed by atoms with Gasteiger partial charge in [0.05, 0.1) is 12.7 Å². The first-order valence-electron chi connectivity index (χ1n) is 7.08. The summed E-state index contributed by atoms with van der Waals surface area (Å²) >= 11 is 0. The van der Waals surface area contributed by atoms with E-state index in [0.717, 1.165) is 11.1 Å². The highest BCUT2D eigenvalue weighted by molar-refractivity contribution is 5.90. The van der Waals surface area contributed by atoms with Gasteiger partial charge in [-0.05, 0) is 42.8 Å². The van der Waals surface area contributed by atoms with Crippen LogP contribution >= 0.6 is 0 Å². The van der Waals surface area contributed by atoms with Gasteiger partial charge in [-0.15, -0.1) is 0 Å². The lowest BCUT2D eigenvalue weighted by atomic mass is 10.1. The smallest absolute Gasteiger partial charge is 0.337 e. The fraction of sp³-hybridized carbons (Fsp3) is 0.158. The SMILES string of the molecule is COC(=O)c1ccc(N)c(C#Cc2ccc(CC(C)=O)cc2)c1. The molecule has 0 bridgehead atoms. The van der Waals surface area contributed by atoms with Crippen LogP contribution in [0.5, 0.6) is 0 Å². The van der Waals surface area contributed by atoms with Gasteiger partial charge in [0.1, 0.15) is 5.78 Å². The van der Waals surface area contributed by atoms with E-state index >= 15 is 0 Å². The number of Topliss-reactive ketones (excluding diaryl/α,β-unsaturated/α-hetero) is 1. The van der Waals surface area contributed by atoms with Gasteiger partial charge in [0.2, 0.25) is 0 Å². The van der Waals surface area contributed by atoms with Crippen LogP contribution in [0.2, 0.25) is 0 Å². The minimum atomic E-state index is -0.429. The van der Waals surface area contributed by atoms with Crippen LogP contribution in [0.4, 0.5) is 5.69 Å². The van der Waals surface area contributed by atoms with Gasteiger partial charge in [-0.25, -0.2) is 4.79 Å². The van der Waals surface area contributed by atoms with Crippen LogP contribution in [0.25, 0.3) is 0 Å². The van der Waals surface area contributed by atoms with Crippen molar-refractivity contribution in [1.29, 1.82) is 0 Å². The van der Waals surface area contributed by atoms with Crippen molar-refractivity contribution in [1.82, 2.24) is 0 Å². The Labute approximate surface area is 135 Å². The van der Waals surface area contributed by atoms with E-state index in [2.05, 4.69) is 16.6 Å². The second-order valence-electron chi connectivity index (χ2n) is 5.12. The number of nitrogen functional groups attached to an aromatic ring is 1. The minimum Gasteiger partial charge on any atom is -0.465 e. The van der Waals surface area contributed by atoms with E-state index in [1.165, 1.54) is 7.11 Å². The number of carbonyl (C=O) groups is 2. The molecular formula is C19H17NO3. The topological polar surface area (TPSA) is 69.4 Å². The van der Waals surface area contributed by atoms with Crippen molar-refractivity contribution in [3.63, 3.8) is 0 Å². The molecule has 0 heterocycles. The molecule has 0 aliphatic rings. The third-order valence-corrected chi connectivity index (χ3v) is 3.22. The molecule has 2 aromatic carbocycles. The van der Waals surface area contributed by atoms with Crippen molar-refractivity contribution in [2.45, 2.75) is 13.3 Å². The molecule has 4 heteroatoms. The summed E-state index contributed by atoms with van der Waals surface area (Å²) in [6, 6.07) is 12.3. The number of ether oxygens (including phenoxy) is 1. The first-order valence-corrected chi connectivity index (χ1v) is 7.08. The van der Waals surface area contributed by atoms with Crippen LogP contribution in [-0.4, -0.2) is 18.9 Å². The zero-order valence-corrected chi connectivity index (χ0v) is 13.1. The Balaban J connectivity index is 2.24. The molecule has 0 fully saturated rings. The number of anilines is 1. The van der Waals surface area contributed by atoms with E-state index in [1.807, 2.05) is 24.3 Å². The molecule has 0 amide bonds. The first-order chi connectivity index (χ1) is 11.0. The monoisotopic (exact) mass is 307 g/mol. The summed E-state index contributed by atoms with van der Waals surface area (Å²) in [6.07, 6.45) is 0.418. The summed E-state index contributed by atoms with van der Waals surface area (Å²) in [5, 5.41) is 0. The van der Waals surface area contributed by atoms with Gasteiger partial charge in [-0.1, -0.05) is 24.0 Å². The van der Waals surface area contributed by atoms with E-state index in [-0.39, 0.29) is 5.78 Å². The Morgan fingerprint density at radius 1 is 1.09 bits per heavy atom. The number of carbonyl (C=O) groups excluding carboxylic acids is 2. The third-order valence-electron chi connectivity index (χ3n) is 3.22. The molecule has 0 spiro atoms. The van der Waals surface area contributed by atoms with E-state index < -0.39 is 5.97 Å². The van der Waals surface area contributed by atoms with E-state index in [1.54, 1.807) is 25.1 Å². The second kappa shape index (κ2) is 7.28. The van der Waals surface area contributed by atoms with Gasteiger partial charge in [0.15, 0.2) is 0 Å². The maximum atomic E-state index is 11.5. The highest BCUT2D eigenvalue weighted by atomic mass is 16.5. The molecule has 0 saturated carbocycles. The third kappa shape index (κ3) is 4.45. The number of hydrogen-bond acceptors (Lipinski definition) is 4. The summed E-state index contributed by atoms with van der Waals surface area (Å²) in [4.78, 5) is 22.6. The number of methoxy groups -OCH3 is 1. The normalized spacial score (nSPS) is 9.65. The highest BCUT2D eigenvalue weighted by Crippen LogP contribution is 2.14. The summed E-state index contributed by atoms with van der Waals surface area (Å²) < 4.78 is 4.68. The fourth-order valence-electron chi connectivity index (χ4n) is 2.04. The van der Waals surface area contributed by atoms with Crippen LogP contribution in [0.15, 0.2) is 42.5 Å². The number of ketones is 1. The van der Waals surface area contributed by atoms with Gasteiger partial charge in [0, 0.05) is 23.2 Å². The van der Waals surface area contributed by atoms with Crippen molar-refractivity contribution < 1.29 is 14.3 Å². The maximum absolute atomic E-state index is 11.5. The van der Waals surface area contributed by atoms with Gasteiger partial charge in [-0.2, -0.15) is 0 Å². The lowest BCUT2D eigenvalue weighted by Crippen LogP contribution is -2.02. The Morgan fingerprint density at radius 3 is 2.39 bits per heavy atom. The lowest BCUT2D eigenvalue weighted by Gasteiger charge is -2.02. The van der Waals surface area contributed by atoms with Crippen LogP contribution < -0.4 is 5.73 Å². The van der Waals surface area contributed by atoms with Crippen molar-refractivity contribution in [2.24, 2.45) is 0 Å². The summed E-state index contributed by atoms with van der Waals surface area (Å²) in [7, 11) is 1.33. The molecule has 0 atom stereocenters. The number of hydrogen-bond donors (Lipinski definition) is 1. The van der Waals surface area contributed by atoms with Gasteiger partial charge >= 0.3 is 5.97 Å². The predicted octanol–water partition coefficient (Wildman–Crippen LogP) is 2.59. The number of esters is 1. The Kier molecular flexibility index (Phi) is 5.16. The number of nitrogens with two attached hydrogens (primary N) is 1. The molecule has 0 aliphatic heterocycles. The molecule has 2 aromatic rings.